The highest BCUT2D eigenvalue weighted by Crippen LogP contribution is 2.40. The van der Waals surface area contributed by atoms with E-state index in [0.29, 0.717) is 66.0 Å². The number of piperazine rings is 1. The minimum Gasteiger partial charge on any atom is -0.298 e. The van der Waals surface area contributed by atoms with Crippen molar-refractivity contribution in [3.63, 3.8) is 0 Å². The predicted octanol–water partition coefficient (Wildman–Crippen LogP) is 29.4. The summed E-state index contributed by atoms with van der Waals surface area (Å²) in [6.07, 6.45) is 7.71. The second kappa shape index (κ2) is 54.7. The van der Waals surface area contributed by atoms with Crippen molar-refractivity contribution >= 4 is 0 Å². The van der Waals surface area contributed by atoms with E-state index in [-0.39, 0.29) is 18.3 Å². The quantitative estimate of drug-likeness (QED) is 0.237. The second-order valence-electron chi connectivity index (χ2n) is 44.5. The van der Waals surface area contributed by atoms with Gasteiger partial charge in [0.05, 0.1) is 0 Å². The Morgan fingerprint density at radius 2 is 0.427 bits per heavy atom. The van der Waals surface area contributed by atoms with Gasteiger partial charge in [0.1, 0.15) is 0 Å². The molecular weight excluding hydrogens is 1340 g/mol. The normalized spacial score (nSPS) is 18.5. The van der Waals surface area contributed by atoms with Crippen LogP contribution in [0.2, 0.25) is 0 Å². The summed E-state index contributed by atoms with van der Waals surface area (Å²) in [5.41, 5.74) is 9.60. The van der Waals surface area contributed by atoms with Crippen molar-refractivity contribution in [3.05, 3.63) is 47.0 Å². The zero-order chi connectivity index (χ0) is 88.8. The number of hydrogen-bond acceptors (Lipinski definition) is 8. The molecule has 6 heterocycles. The van der Waals surface area contributed by atoms with Gasteiger partial charge in [0.25, 0.3) is 0 Å². The van der Waals surface area contributed by atoms with Crippen molar-refractivity contribution in [3.8, 4) is 0 Å². The van der Waals surface area contributed by atoms with E-state index < -0.39 is 0 Å². The molecule has 7 rings (SSSR count). The monoisotopic (exact) mass is 1560 g/mol. The van der Waals surface area contributed by atoms with Gasteiger partial charge in [-0.3, -0.25) is 39.2 Å². The van der Waals surface area contributed by atoms with Gasteiger partial charge in [-0.25, -0.2) is 0 Å². The van der Waals surface area contributed by atoms with E-state index in [1.54, 1.807) is 5.57 Å². The first-order valence-corrected chi connectivity index (χ1v) is 45.8. The van der Waals surface area contributed by atoms with E-state index in [1.807, 2.05) is 96.9 Å². The predicted molar refractivity (Wildman–Crippen MR) is 515 cm³/mol. The highest BCUT2D eigenvalue weighted by atomic mass is 15.3. The topological polar surface area (TPSA) is 25.9 Å². The van der Waals surface area contributed by atoms with Gasteiger partial charge >= 0.3 is 0 Å². The molecule has 0 unspecified atom stereocenters. The maximum Gasteiger partial charge on any atom is 0.0171 e. The minimum atomic E-state index is 0. The Bertz CT molecular complexity index is 2080. The van der Waals surface area contributed by atoms with Crippen molar-refractivity contribution < 1.29 is 0 Å². The summed E-state index contributed by atoms with van der Waals surface area (Å²) in [6.45, 7) is 145. The van der Waals surface area contributed by atoms with E-state index in [1.165, 1.54) is 135 Å². The van der Waals surface area contributed by atoms with Crippen LogP contribution in [0.25, 0.3) is 0 Å². The lowest BCUT2D eigenvalue weighted by Gasteiger charge is -2.52. The first-order valence-electron chi connectivity index (χ1n) is 45.8. The first kappa shape index (κ1) is 124. The van der Waals surface area contributed by atoms with E-state index in [9.17, 15) is 0 Å². The van der Waals surface area contributed by atoms with E-state index in [0.717, 1.165) is 24.3 Å². The molecule has 0 spiro atoms. The van der Waals surface area contributed by atoms with Gasteiger partial charge in [0.15, 0.2) is 0 Å². The van der Waals surface area contributed by atoms with Crippen molar-refractivity contribution in [2.45, 2.75) is 476 Å². The Morgan fingerprint density at radius 3 is 0.591 bits per heavy atom. The number of likely N-dealkylation sites (tertiary alicyclic amines) is 3. The van der Waals surface area contributed by atoms with Crippen LogP contribution in [0.4, 0.5) is 0 Å². The third-order valence-electron chi connectivity index (χ3n) is 22.1. The average molecular weight is 1560 g/mol. The Morgan fingerprint density at radius 1 is 0.227 bits per heavy atom. The number of hydrogen-bond donors (Lipinski definition) is 0. The Kier molecular flexibility index (Phi) is 61.8. The molecule has 8 nitrogen and oxygen atoms in total. The van der Waals surface area contributed by atoms with Gasteiger partial charge in [0.2, 0.25) is 0 Å². The van der Waals surface area contributed by atoms with Crippen LogP contribution in [-0.2, 0) is 10.8 Å². The lowest BCUT2D eigenvalue weighted by Crippen LogP contribution is -2.59. The molecule has 5 fully saturated rings. The first-order chi connectivity index (χ1) is 49.0. The van der Waals surface area contributed by atoms with Gasteiger partial charge in [-0.2, -0.15) is 0 Å². The third-order valence-corrected chi connectivity index (χ3v) is 22.1. The highest BCUT2D eigenvalue weighted by Gasteiger charge is 2.42. The number of nitrogens with zero attached hydrogens (tertiary/aromatic N) is 8. The molecule has 0 saturated carbocycles. The molecule has 0 N–H and O–H groups in total. The summed E-state index contributed by atoms with van der Waals surface area (Å²) in [4.78, 5) is 20.7. The maximum absolute atomic E-state index is 2.62. The van der Waals surface area contributed by atoms with Crippen LogP contribution in [0.15, 0.2) is 35.9 Å². The maximum atomic E-state index is 2.62. The standard InChI is InChI=1S/C14H22.C13H28N2.C13H27N.C13H25N.C12H26N2.2C11H23N.7C2H6.CH4/c1-13(2,3)11-7-9-12(10-8-11)14(4,5)6;1-12(2,3)14-8-7-9-15(11-10-14)13(4,5)6;2*1-12(2,3)11-7-9-14(10-8-11)13(4,5)6;1-11(2,3)13-7-9-14(10-8-13)12(4,5)6;2*1-10(2,3)9-7-12(8-9)11(4,5)6;7*1-2;/h7-10H,1-6H3;7-11H2,1-6H3;11H,7-10H2,1-6H3;7H,8-10H2,1-6H3;7-10H2,1-6H3;2*9H,7-8H2,1-6H3;7*1-2H3;1H4. The van der Waals surface area contributed by atoms with Gasteiger partial charge in [-0.05, 0) is 279 Å². The fourth-order valence-electron chi connectivity index (χ4n) is 13.3. The zero-order valence-electron chi connectivity index (χ0n) is 86.8. The van der Waals surface area contributed by atoms with E-state index in [4.69, 9.17) is 0 Å². The molecule has 110 heavy (non-hydrogen) atoms. The fourth-order valence-corrected chi connectivity index (χ4v) is 13.3. The highest BCUT2D eigenvalue weighted by molar-refractivity contribution is 5.31. The summed E-state index contributed by atoms with van der Waals surface area (Å²) in [5.74, 6) is 2.72. The molecular formula is C102H220N8. The largest absolute Gasteiger partial charge is 0.298 e. The van der Waals surface area contributed by atoms with Crippen LogP contribution in [0.3, 0.4) is 0 Å². The van der Waals surface area contributed by atoms with Gasteiger partial charge in [-0.1, -0.05) is 265 Å². The van der Waals surface area contributed by atoms with Crippen LogP contribution in [0.5, 0.6) is 0 Å². The van der Waals surface area contributed by atoms with Crippen LogP contribution in [0.1, 0.15) is 432 Å². The van der Waals surface area contributed by atoms with Crippen molar-refractivity contribution in [1.82, 2.24) is 39.2 Å². The summed E-state index contributed by atoms with van der Waals surface area (Å²) in [7, 11) is 0. The molecule has 5 saturated heterocycles. The zero-order valence-corrected chi connectivity index (χ0v) is 86.8. The number of benzene rings is 1. The molecule has 0 aliphatic carbocycles. The third kappa shape index (κ3) is 53.1. The molecule has 0 aromatic heterocycles. The van der Waals surface area contributed by atoms with Crippen LogP contribution < -0.4 is 0 Å². The number of rotatable bonds is 0. The van der Waals surface area contributed by atoms with Gasteiger partial charge in [-0.15, -0.1) is 0 Å². The molecule has 0 bridgehead atoms. The Hall–Kier alpha value is -1.36. The molecule has 0 amide bonds. The molecule has 6 aliphatic rings. The summed E-state index contributed by atoms with van der Waals surface area (Å²) in [6, 6.07) is 9.00. The van der Waals surface area contributed by atoms with Crippen LogP contribution >= 0.6 is 0 Å². The Labute approximate surface area is 702 Å². The second-order valence-corrected chi connectivity index (χ2v) is 44.5. The van der Waals surface area contributed by atoms with E-state index >= 15 is 0 Å². The van der Waals surface area contributed by atoms with Crippen LogP contribution in [0, 0.1) is 39.4 Å². The van der Waals surface area contributed by atoms with E-state index in [2.05, 4.69) is 360 Å². The van der Waals surface area contributed by atoms with Crippen molar-refractivity contribution in [2.24, 2.45) is 39.4 Å². The lowest BCUT2D eigenvalue weighted by atomic mass is 9.74. The van der Waals surface area contributed by atoms with Crippen molar-refractivity contribution in [2.75, 3.05) is 105 Å². The van der Waals surface area contributed by atoms with Crippen LogP contribution in [-0.4, -0.2) is 188 Å². The lowest BCUT2D eigenvalue weighted by molar-refractivity contribution is -0.0346. The fraction of sp³-hybridized carbons (Fsp3) is 0.922. The molecule has 8 heteroatoms. The molecule has 6 aliphatic heterocycles. The molecule has 1 aromatic carbocycles. The van der Waals surface area contributed by atoms with Gasteiger partial charge in [0, 0.05) is 123 Å². The van der Waals surface area contributed by atoms with Gasteiger partial charge < -0.3 is 0 Å². The summed E-state index contributed by atoms with van der Waals surface area (Å²) >= 11 is 0. The molecule has 0 radical (unpaired) electrons. The summed E-state index contributed by atoms with van der Waals surface area (Å²) in [5, 5.41) is 0. The smallest absolute Gasteiger partial charge is 0.0171 e. The minimum absolute atomic E-state index is 0. The van der Waals surface area contributed by atoms with Crippen molar-refractivity contribution in [1.29, 1.82) is 0 Å². The molecule has 668 valence electrons. The average Bonchev–Trinajstić information content (AvgIpc) is 0.826. The SMILES string of the molecule is C.CC.CC.CC.CC.CC.CC.CC.CC(C)(C)C1=CCN(C(C)(C)C)CC1.CC(C)(C)C1CCN(C(C)(C)C)CC1.CC(C)(C)C1CN(C(C)(C)C)C1.CC(C)(C)C1CN(C(C)(C)C)C1.CC(C)(C)N1CCCN(C(C)(C)C)CC1.CC(C)(C)N1CCN(C(C)(C)C)CC1.CC(C)(C)c1ccc(C(C)(C)C)cc1. The molecule has 1 aromatic rings. The number of piperidine rings is 1. The summed E-state index contributed by atoms with van der Waals surface area (Å²) < 4.78 is 0. The molecule has 0 atom stereocenters. The Balaban J connectivity index is -0.000000179.